The van der Waals surface area contributed by atoms with Gasteiger partial charge in [0.2, 0.25) is 0 Å². The van der Waals surface area contributed by atoms with Crippen molar-refractivity contribution in [3.63, 3.8) is 0 Å². The minimum atomic E-state index is -3.89. The van der Waals surface area contributed by atoms with Crippen LogP contribution in [0.25, 0.3) is 0 Å². The Morgan fingerprint density at radius 2 is 2.06 bits per heavy atom. The van der Waals surface area contributed by atoms with Crippen molar-refractivity contribution in [1.82, 2.24) is 15.2 Å². The maximum absolute atomic E-state index is 12.0. The SMILES string of the molecule is Nc1ccc(Cl)cc1S(=O)(=O)Nc1nccnn1. The molecule has 18 heavy (non-hydrogen) atoms. The standard InChI is InChI=1S/C9H8ClN5O2S/c10-6-1-2-7(11)8(5-6)18(16,17)15-9-12-3-4-13-14-9/h1-5H,11H2,(H,12,14,15). The molecule has 0 spiro atoms. The van der Waals surface area contributed by atoms with Crippen LogP contribution in [0, 0.1) is 0 Å². The van der Waals surface area contributed by atoms with Gasteiger partial charge in [0, 0.05) is 5.02 Å². The number of benzene rings is 1. The Labute approximate surface area is 108 Å². The van der Waals surface area contributed by atoms with Gasteiger partial charge in [-0.15, -0.1) is 5.10 Å². The Morgan fingerprint density at radius 3 is 2.72 bits per heavy atom. The summed E-state index contributed by atoms with van der Waals surface area (Å²) < 4.78 is 26.2. The molecule has 0 fully saturated rings. The molecule has 0 amide bonds. The molecule has 0 saturated heterocycles. The number of halogens is 1. The molecular formula is C9H8ClN5O2S. The quantitative estimate of drug-likeness (QED) is 0.811. The summed E-state index contributed by atoms with van der Waals surface area (Å²) in [6, 6.07) is 4.15. The third kappa shape index (κ3) is 2.66. The van der Waals surface area contributed by atoms with E-state index in [0.717, 1.165) is 0 Å². The number of nitrogens with one attached hydrogen (secondary N) is 1. The molecule has 0 aliphatic rings. The van der Waals surface area contributed by atoms with Gasteiger partial charge in [-0.1, -0.05) is 11.6 Å². The lowest BCUT2D eigenvalue weighted by Gasteiger charge is -2.08. The van der Waals surface area contributed by atoms with Gasteiger partial charge in [0.05, 0.1) is 18.1 Å². The van der Waals surface area contributed by atoms with Gasteiger partial charge in [-0.3, -0.25) is 0 Å². The first kappa shape index (κ1) is 12.5. The van der Waals surface area contributed by atoms with Gasteiger partial charge in [-0.25, -0.2) is 18.1 Å². The summed E-state index contributed by atoms with van der Waals surface area (Å²) in [5.41, 5.74) is 5.67. The van der Waals surface area contributed by atoms with Crippen LogP contribution in [0.1, 0.15) is 0 Å². The van der Waals surface area contributed by atoms with Crippen molar-refractivity contribution < 1.29 is 8.42 Å². The van der Waals surface area contributed by atoms with Crippen LogP contribution < -0.4 is 10.5 Å². The van der Waals surface area contributed by atoms with E-state index >= 15 is 0 Å². The molecule has 0 atom stereocenters. The average Bonchev–Trinajstić information content (AvgIpc) is 2.33. The van der Waals surface area contributed by atoms with E-state index in [4.69, 9.17) is 17.3 Å². The summed E-state index contributed by atoms with van der Waals surface area (Å²) in [4.78, 5) is 3.57. The highest BCUT2D eigenvalue weighted by atomic mass is 35.5. The van der Waals surface area contributed by atoms with Crippen molar-refractivity contribution >= 4 is 33.3 Å². The maximum Gasteiger partial charge on any atom is 0.266 e. The number of hydrogen-bond acceptors (Lipinski definition) is 6. The summed E-state index contributed by atoms with van der Waals surface area (Å²) in [7, 11) is -3.89. The molecule has 1 heterocycles. The monoisotopic (exact) mass is 285 g/mol. The summed E-state index contributed by atoms with van der Waals surface area (Å²) in [6.07, 6.45) is 2.64. The van der Waals surface area contributed by atoms with E-state index in [0.29, 0.717) is 0 Å². The van der Waals surface area contributed by atoms with Crippen LogP contribution in [0.4, 0.5) is 11.6 Å². The minimum Gasteiger partial charge on any atom is -0.398 e. The Balaban J connectivity index is 2.40. The number of nitrogens with two attached hydrogens (primary N) is 1. The van der Waals surface area contributed by atoms with Gasteiger partial charge >= 0.3 is 0 Å². The Hall–Kier alpha value is -1.93. The van der Waals surface area contributed by atoms with E-state index in [2.05, 4.69) is 19.9 Å². The molecule has 1 aromatic carbocycles. The van der Waals surface area contributed by atoms with Crippen LogP contribution >= 0.6 is 11.6 Å². The van der Waals surface area contributed by atoms with Gasteiger partial charge in [-0.05, 0) is 18.2 Å². The van der Waals surface area contributed by atoms with Crippen molar-refractivity contribution in [1.29, 1.82) is 0 Å². The summed E-state index contributed by atoms with van der Waals surface area (Å²) in [5, 5.41) is 7.28. The first-order valence-electron chi connectivity index (χ1n) is 4.70. The molecule has 0 radical (unpaired) electrons. The molecule has 2 rings (SSSR count). The van der Waals surface area contributed by atoms with Crippen molar-refractivity contribution in [3.8, 4) is 0 Å². The number of nitrogens with zero attached hydrogens (tertiary/aromatic N) is 3. The second kappa shape index (κ2) is 4.75. The van der Waals surface area contributed by atoms with Crippen LogP contribution in [0.5, 0.6) is 0 Å². The van der Waals surface area contributed by atoms with Gasteiger partial charge < -0.3 is 5.73 Å². The number of rotatable bonds is 3. The summed E-state index contributed by atoms with van der Waals surface area (Å²) in [5.74, 6) is -0.142. The molecule has 3 N–H and O–H groups in total. The fraction of sp³-hybridized carbons (Fsp3) is 0. The second-order valence-electron chi connectivity index (χ2n) is 3.25. The Morgan fingerprint density at radius 1 is 1.28 bits per heavy atom. The minimum absolute atomic E-state index is 0.0794. The highest BCUT2D eigenvalue weighted by Gasteiger charge is 2.19. The Bertz CT molecular complexity index is 662. The fourth-order valence-electron chi connectivity index (χ4n) is 1.21. The molecule has 2 aromatic rings. The number of hydrogen-bond donors (Lipinski definition) is 2. The predicted octanol–water partition coefficient (Wildman–Crippen LogP) is 0.908. The molecule has 0 aliphatic carbocycles. The van der Waals surface area contributed by atoms with Crippen molar-refractivity contribution in [2.24, 2.45) is 0 Å². The van der Waals surface area contributed by atoms with Crippen LogP contribution in [-0.4, -0.2) is 23.6 Å². The molecule has 0 saturated carbocycles. The first-order chi connectivity index (χ1) is 8.49. The van der Waals surface area contributed by atoms with Crippen LogP contribution in [0.3, 0.4) is 0 Å². The van der Waals surface area contributed by atoms with Crippen LogP contribution in [0.15, 0.2) is 35.5 Å². The van der Waals surface area contributed by atoms with Gasteiger partial charge in [0.15, 0.2) is 0 Å². The third-order valence-corrected chi connectivity index (χ3v) is 3.59. The molecule has 7 nitrogen and oxygen atoms in total. The molecule has 0 unspecified atom stereocenters. The summed E-state index contributed by atoms with van der Waals surface area (Å²) in [6.45, 7) is 0. The van der Waals surface area contributed by atoms with Crippen LogP contribution in [0.2, 0.25) is 5.02 Å². The van der Waals surface area contributed by atoms with Gasteiger partial charge in [-0.2, -0.15) is 5.10 Å². The lowest BCUT2D eigenvalue weighted by molar-refractivity contribution is 0.601. The highest BCUT2D eigenvalue weighted by molar-refractivity contribution is 7.92. The van der Waals surface area contributed by atoms with Gasteiger partial charge in [0.1, 0.15) is 4.90 Å². The Kier molecular flexibility index (Phi) is 3.30. The number of anilines is 2. The van der Waals surface area contributed by atoms with E-state index < -0.39 is 10.0 Å². The largest absolute Gasteiger partial charge is 0.398 e. The third-order valence-electron chi connectivity index (χ3n) is 1.97. The summed E-state index contributed by atoms with van der Waals surface area (Å²) >= 11 is 5.73. The second-order valence-corrected chi connectivity index (χ2v) is 5.34. The lowest BCUT2D eigenvalue weighted by Crippen LogP contribution is -2.16. The molecule has 0 bridgehead atoms. The van der Waals surface area contributed by atoms with E-state index in [1.54, 1.807) is 0 Å². The maximum atomic E-state index is 12.0. The van der Waals surface area contributed by atoms with E-state index in [1.165, 1.54) is 30.6 Å². The predicted molar refractivity (Wildman–Crippen MR) is 66.5 cm³/mol. The zero-order chi connectivity index (χ0) is 13.2. The topological polar surface area (TPSA) is 111 Å². The smallest absolute Gasteiger partial charge is 0.266 e. The van der Waals surface area contributed by atoms with E-state index in [9.17, 15) is 8.42 Å². The average molecular weight is 286 g/mol. The van der Waals surface area contributed by atoms with E-state index in [1.807, 2.05) is 0 Å². The molecular weight excluding hydrogens is 278 g/mol. The van der Waals surface area contributed by atoms with Gasteiger partial charge in [0.25, 0.3) is 16.0 Å². The molecule has 0 aliphatic heterocycles. The number of aromatic nitrogens is 3. The zero-order valence-electron chi connectivity index (χ0n) is 8.91. The number of nitrogen functional groups attached to an aromatic ring is 1. The fourth-order valence-corrected chi connectivity index (χ4v) is 2.55. The lowest BCUT2D eigenvalue weighted by atomic mass is 10.3. The highest BCUT2D eigenvalue weighted by Crippen LogP contribution is 2.23. The molecule has 94 valence electrons. The normalized spacial score (nSPS) is 11.2. The zero-order valence-corrected chi connectivity index (χ0v) is 10.5. The molecule has 9 heteroatoms. The molecule has 1 aromatic heterocycles. The van der Waals surface area contributed by atoms with Crippen molar-refractivity contribution in [2.75, 3.05) is 10.5 Å². The van der Waals surface area contributed by atoms with Crippen molar-refractivity contribution in [2.45, 2.75) is 4.90 Å². The first-order valence-corrected chi connectivity index (χ1v) is 6.57. The number of sulfonamides is 1. The van der Waals surface area contributed by atoms with E-state index in [-0.39, 0.29) is 21.6 Å². The van der Waals surface area contributed by atoms with Crippen molar-refractivity contribution in [3.05, 3.63) is 35.6 Å². The van der Waals surface area contributed by atoms with Crippen LogP contribution in [-0.2, 0) is 10.0 Å².